The van der Waals surface area contributed by atoms with E-state index in [1.165, 1.54) is 15.4 Å². The lowest BCUT2D eigenvalue weighted by Gasteiger charge is -2.37. The van der Waals surface area contributed by atoms with Gasteiger partial charge >= 0.3 is 11.8 Å². The second kappa shape index (κ2) is 8.31. The van der Waals surface area contributed by atoms with E-state index in [0.29, 0.717) is 32.7 Å². The molecule has 1 aromatic rings. The molecule has 0 aliphatic carbocycles. The summed E-state index contributed by atoms with van der Waals surface area (Å²) in [6.45, 7) is 7.13. The average molecular weight is 358 g/mol. The highest BCUT2D eigenvalue weighted by molar-refractivity contribution is 6.35. The number of nitrogens with zero attached hydrogens (tertiary/aromatic N) is 4. The third kappa shape index (κ3) is 4.22. The molecule has 2 aliphatic heterocycles. The van der Waals surface area contributed by atoms with Gasteiger partial charge in [0, 0.05) is 52.4 Å². The van der Waals surface area contributed by atoms with E-state index in [1.54, 1.807) is 4.90 Å². The van der Waals surface area contributed by atoms with Crippen molar-refractivity contribution in [3.8, 4) is 0 Å². The fraction of sp³-hybridized carbons (Fsp3) is 0.526. The summed E-state index contributed by atoms with van der Waals surface area (Å²) in [6, 6.07) is 10.3. The van der Waals surface area contributed by atoms with Gasteiger partial charge < -0.3 is 14.7 Å². The molecule has 2 saturated heterocycles. The van der Waals surface area contributed by atoms with Crippen LogP contribution in [0.5, 0.6) is 0 Å². The van der Waals surface area contributed by atoms with Crippen LogP contribution >= 0.6 is 0 Å². The van der Waals surface area contributed by atoms with Gasteiger partial charge in [-0.1, -0.05) is 30.3 Å². The van der Waals surface area contributed by atoms with Crippen molar-refractivity contribution in [3.05, 3.63) is 35.9 Å². The molecule has 0 N–H and O–H groups in total. The standard InChI is InChI=1S/C19H26N4O3/c1-2-21-12-13-23(19(26)18(21)25)15-17(24)22-10-8-20(9-11-22)14-16-6-4-3-5-7-16/h3-7H,2,8-15H2,1H3. The second-order valence-corrected chi connectivity index (χ2v) is 6.75. The Hall–Kier alpha value is -2.41. The molecule has 26 heavy (non-hydrogen) atoms. The number of carbonyl (C=O) groups excluding carboxylic acids is 3. The van der Waals surface area contributed by atoms with Gasteiger partial charge in [-0.2, -0.15) is 0 Å². The first-order valence-corrected chi connectivity index (χ1v) is 9.20. The highest BCUT2D eigenvalue weighted by Crippen LogP contribution is 2.10. The van der Waals surface area contributed by atoms with Crippen molar-refractivity contribution < 1.29 is 14.4 Å². The molecule has 7 heteroatoms. The van der Waals surface area contributed by atoms with Crippen LogP contribution in [-0.2, 0) is 20.9 Å². The van der Waals surface area contributed by atoms with Crippen LogP contribution in [0.25, 0.3) is 0 Å². The smallest absolute Gasteiger partial charge is 0.312 e. The van der Waals surface area contributed by atoms with Crippen molar-refractivity contribution in [2.45, 2.75) is 13.5 Å². The van der Waals surface area contributed by atoms with Crippen molar-refractivity contribution in [2.75, 3.05) is 52.4 Å². The van der Waals surface area contributed by atoms with Crippen LogP contribution in [-0.4, -0.2) is 89.7 Å². The maximum atomic E-state index is 12.5. The molecule has 0 saturated carbocycles. The van der Waals surface area contributed by atoms with Crippen LogP contribution in [0.4, 0.5) is 0 Å². The van der Waals surface area contributed by atoms with Crippen LogP contribution in [0, 0.1) is 0 Å². The van der Waals surface area contributed by atoms with E-state index >= 15 is 0 Å². The first-order chi connectivity index (χ1) is 12.6. The lowest BCUT2D eigenvalue weighted by atomic mass is 10.2. The molecule has 2 heterocycles. The number of piperazine rings is 2. The predicted octanol–water partition coefficient (Wildman–Crippen LogP) is 0.0215. The fourth-order valence-electron chi connectivity index (χ4n) is 3.43. The van der Waals surface area contributed by atoms with Crippen molar-refractivity contribution in [3.63, 3.8) is 0 Å². The van der Waals surface area contributed by atoms with Crippen molar-refractivity contribution in [2.24, 2.45) is 0 Å². The van der Waals surface area contributed by atoms with Crippen LogP contribution in [0.3, 0.4) is 0 Å². The van der Waals surface area contributed by atoms with Crippen molar-refractivity contribution >= 4 is 17.7 Å². The zero-order chi connectivity index (χ0) is 18.5. The Bertz CT molecular complexity index is 656. The number of rotatable bonds is 5. The van der Waals surface area contributed by atoms with Crippen LogP contribution in [0.2, 0.25) is 0 Å². The summed E-state index contributed by atoms with van der Waals surface area (Å²) in [5, 5.41) is 0. The summed E-state index contributed by atoms with van der Waals surface area (Å²) in [5.41, 5.74) is 1.27. The number of carbonyl (C=O) groups is 3. The van der Waals surface area contributed by atoms with Gasteiger partial charge in [0.15, 0.2) is 0 Å². The zero-order valence-corrected chi connectivity index (χ0v) is 15.3. The fourth-order valence-corrected chi connectivity index (χ4v) is 3.43. The number of likely N-dealkylation sites (N-methyl/N-ethyl adjacent to an activating group) is 1. The Kier molecular flexibility index (Phi) is 5.88. The van der Waals surface area contributed by atoms with E-state index in [-0.39, 0.29) is 12.5 Å². The third-order valence-corrected chi connectivity index (χ3v) is 5.08. The van der Waals surface area contributed by atoms with Crippen LogP contribution in [0.15, 0.2) is 30.3 Å². The maximum absolute atomic E-state index is 12.5. The van der Waals surface area contributed by atoms with E-state index in [1.807, 2.05) is 25.1 Å². The molecule has 0 spiro atoms. The second-order valence-electron chi connectivity index (χ2n) is 6.75. The minimum atomic E-state index is -0.561. The summed E-state index contributed by atoms with van der Waals surface area (Å²) in [5.74, 6) is -1.14. The van der Waals surface area contributed by atoms with Gasteiger partial charge in [-0.3, -0.25) is 19.3 Å². The molecule has 0 unspecified atom stereocenters. The van der Waals surface area contributed by atoms with Crippen molar-refractivity contribution in [1.29, 1.82) is 0 Å². The molecule has 0 atom stereocenters. The largest absolute Gasteiger partial charge is 0.339 e. The molecule has 7 nitrogen and oxygen atoms in total. The van der Waals surface area contributed by atoms with E-state index in [9.17, 15) is 14.4 Å². The SMILES string of the molecule is CCN1CCN(CC(=O)N2CCN(Cc3ccccc3)CC2)C(=O)C1=O. The van der Waals surface area contributed by atoms with E-state index in [0.717, 1.165) is 19.6 Å². The highest BCUT2D eigenvalue weighted by Gasteiger charge is 2.33. The van der Waals surface area contributed by atoms with Crippen LogP contribution < -0.4 is 0 Å². The van der Waals surface area contributed by atoms with E-state index in [2.05, 4.69) is 17.0 Å². The number of hydrogen-bond donors (Lipinski definition) is 0. The van der Waals surface area contributed by atoms with Gasteiger partial charge in [0.05, 0.1) is 0 Å². The third-order valence-electron chi connectivity index (χ3n) is 5.08. The molecule has 0 aromatic heterocycles. The number of amides is 3. The summed E-state index contributed by atoms with van der Waals surface area (Å²) in [4.78, 5) is 43.6. The highest BCUT2D eigenvalue weighted by atomic mass is 16.2. The van der Waals surface area contributed by atoms with Gasteiger partial charge in [-0.15, -0.1) is 0 Å². The average Bonchev–Trinajstić information content (AvgIpc) is 2.67. The quantitative estimate of drug-likeness (QED) is 0.697. The Balaban J connectivity index is 1.47. The number of hydrogen-bond acceptors (Lipinski definition) is 4. The molecular weight excluding hydrogens is 332 g/mol. The first-order valence-electron chi connectivity index (χ1n) is 9.20. The summed E-state index contributed by atoms with van der Waals surface area (Å²) >= 11 is 0. The van der Waals surface area contributed by atoms with E-state index < -0.39 is 11.8 Å². The molecule has 140 valence electrons. The minimum absolute atomic E-state index is 0.000806. The zero-order valence-electron chi connectivity index (χ0n) is 15.3. The Morgan fingerprint density at radius 3 is 2.15 bits per heavy atom. The molecule has 3 amide bonds. The molecule has 3 rings (SSSR count). The minimum Gasteiger partial charge on any atom is -0.339 e. The summed E-state index contributed by atoms with van der Waals surface area (Å²) in [7, 11) is 0. The Labute approximate surface area is 154 Å². The van der Waals surface area contributed by atoms with Gasteiger partial charge in [0.1, 0.15) is 6.54 Å². The molecule has 1 aromatic carbocycles. The monoisotopic (exact) mass is 358 g/mol. The lowest BCUT2D eigenvalue weighted by Crippen LogP contribution is -2.57. The Morgan fingerprint density at radius 2 is 1.50 bits per heavy atom. The predicted molar refractivity (Wildman–Crippen MR) is 97.1 cm³/mol. The van der Waals surface area contributed by atoms with Crippen molar-refractivity contribution in [1.82, 2.24) is 19.6 Å². The molecular formula is C19H26N4O3. The number of benzene rings is 1. The van der Waals surface area contributed by atoms with Gasteiger partial charge in [0.2, 0.25) is 5.91 Å². The van der Waals surface area contributed by atoms with Gasteiger partial charge in [-0.05, 0) is 12.5 Å². The molecule has 2 fully saturated rings. The molecule has 2 aliphatic rings. The summed E-state index contributed by atoms with van der Waals surface area (Å²) in [6.07, 6.45) is 0. The maximum Gasteiger partial charge on any atom is 0.312 e. The van der Waals surface area contributed by atoms with Gasteiger partial charge in [-0.25, -0.2) is 0 Å². The Morgan fingerprint density at radius 1 is 0.885 bits per heavy atom. The van der Waals surface area contributed by atoms with E-state index in [4.69, 9.17) is 0 Å². The van der Waals surface area contributed by atoms with Gasteiger partial charge in [0.25, 0.3) is 0 Å². The summed E-state index contributed by atoms with van der Waals surface area (Å²) < 4.78 is 0. The lowest BCUT2D eigenvalue weighted by molar-refractivity contribution is -0.157. The van der Waals surface area contributed by atoms with Crippen LogP contribution in [0.1, 0.15) is 12.5 Å². The molecule has 0 bridgehead atoms. The first kappa shape index (κ1) is 18.4. The molecule has 0 radical (unpaired) electrons. The topological polar surface area (TPSA) is 64.2 Å². The normalized spacial score (nSPS) is 19.2.